The molecule has 3 N–H and O–H groups in total. The Bertz CT molecular complexity index is 1120. The lowest BCUT2D eigenvalue weighted by molar-refractivity contribution is -0.143. The molecule has 72 heavy (non-hydrogen) atoms. The number of unbranched alkanes of at least 4 members (excludes halogenated alkanes) is 48. The van der Waals surface area contributed by atoms with Crippen LogP contribution in [-0.2, 0) is 14.3 Å². The molecule has 0 spiro atoms. The summed E-state index contributed by atoms with van der Waals surface area (Å²) in [4.78, 5) is 24.6. The number of rotatable bonds is 61. The highest BCUT2D eigenvalue weighted by atomic mass is 16.5. The molecule has 0 radical (unpaired) electrons. The quantitative estimate of drug-likeness (QED) is 0.0320. The van der Waals surface area contributed by atoms with Crippen molar-refractivity contribution in [3.8, 4) is 0 Å². The smallest absolute Gasteiger partial charge is 0.305 e. The van der Waals surface area contributed by atoms with E-state index in [0.717, 1.165) is 57.8 Å². The van der Waals surface area contributed by atoms with E-state index < -0.39 is 12.1 Å². The van der Waals surface area contributed by atoms with Crippen molar-refractivity contribution in [1.29, 1.82) is 0 Å². The predicted octanol–water partition coefficient (Wildman–Crippen LogP) is 20.6. The van der Waals surface area contributed by atoms with Gasteiger partial charge in [0.05, 0.1) is 25.4 Å². The summed E-state index contributed by atoms with van der Waals surface area (Å²) >= 11 is 0. The minimum atomic E-state index is -0.853. The maximum atomic E-state index is 12.5. The Morgan fingerprint density at radius 2 is 0.653 bits per heavy atom. The third kappa shape index (κ3) is 57.6. The number of carbonyl (C=O) groups excluding carboxylic acids is 2. The first-order chi connectivity index (χ1) is 35.5. The van der Waals surface area contributed by atoms with Gasteiger partial charge < -0.3 is 20.3 Å². The van der Waals surface area contributed by atoms with Crippen LogP contribution in [0.25, 0.3) is 0 Å². The number of ether oxygens (including phenoxy) is 1. The SMILES string of the molecule is CCCCCCCCCCCCCCCCCCC/C=C/C(O)C(CO)NC(=O)CCCCCCCCC/C=C\CCCCCCCCOC(=O)CCCCCCCCCCCCCCCCCCCCC. The van der Waals surface area contributed by atoms with Crippen molar-refractivity contribution in [1.82, 2.24) is 5.32 Å². The highest BCUT2D eigenvalue weighted by molar-refractivity contribution is 5.76. The second-order valence-corrected chi connectivity index (χ2v) is 22.5. The molecule has 2 unspecified atom stereocenters. The normalized spacial score (nSPS) is 12.7. The number of hydrogen-bond donors (Lipinski definition) is 3. The van der Waals surface area contributed by atoms with Crippen LogP contribution in [0.5, 0.6) is 0 Å². The molecule has 0 aromatic rings. The number of hydrogen-bond acceptors (Lipinski definition) is 5. The van der Waals surface area contributed by atoms with E-state index in [-0.39, 0.29) is 18.5 Å². The number of allylic oxidation sites excluding steroid dienone is 3. The largest absolute Gasteiger partial charge is 0.466 e. The van der Waals surface area contributed by atoms with Gasteiger partial charge in [0.15, 0.2) is 0 Å². The van der Waals surface area contributed by atoms with Crippen molar-refractivity contribution in [3.05, 3.63) is 24.3 Å². The number of esters is 1. The van der Waals surface area contributed by atoms with Crippen molar-refractivity contribution in [2.24, 2.45) is 0 Å². The van der Waals surface area contributed by atoms with Gasteiger partial charge in [0.2, 0.25) is 5.91 Å². The van der Waals surface area contributed by atoms with Crippen molar-refractivity contribution >= 4 is 11.9 Å². The summed E-state index contributed by atoms with van der Waals surface area (Å²) < 4.78 is 5.49. The molecule has 6 heteroatoms. The van der Waals surface area contributed by atoms with E-state index in [9.17, 15) is 19.8 Å². The minimum absolute atomic E-state index is 0.00271. The van der Waals surface area contributed by atoms with Gasteiger partial charge in [0, 0.05) is 12.8 Å². The predicted molar refractivity (Wildman–Crippen MR) is 315 cm³/mol. The Labute approximate surface area is 450 Å². The lowest BCUT2D eigenvalue weighted by atomic mass is 10.0. The van der Waals surface area contributed by atoms with E-state index in [0.29, 0.717) is 19.4 Å². The third-order valence-electron chi connectivity index (χ3n) is 15.2. The zero-order chi connectivity index (χ0) is 52.2. The molecule has 0 aliphatic carbocycles. The Balaban J connectivity index is 3.45. The summed E-state index contributed by atoms with van der Waals surface area (Å²) in [6, 6.07) is -0.637. The zero-order valence-electron chi connectivity index (χ0n) is 48.7. The summed E-state index contributed by atoms with van der Waals surface area (Å²) in [5.41, 5.74) is 0. The van der Waals surface area contributed by atoms with E-state index in [1.54, 1.807) is 6.08 Å². The molecule has 0 aromatic carbocycles. The average Bonchev–Trinajstić information content (AvgIpc) is 3.38. The van der Waals surface area contributed by atoms with E-state index in [1.807, 2.05) is 6.08 Å². The van der Waals surface area contributed by atoms with Gasteiger partial charge in [0.1, 0.15) is 0 Å². The first kappa shape index (κ1) is 70.3. The Kier molecular flexibility index (Phi) is 60.5. The Morgan fingerprint density at radius 3 is 0.986 bits per heavy atom. The van der Waals surface area contributed by atoms with Crippen LogP contribution in [0.3, 0.4) is 0 Å². The lowest BCUT2D eigenvalue weighted by Crippen LogP contribution is -2.45. The minimum Gasteiger partial charge on any atom is -0.466 e. The summed E-state index contributed by atoms with van der Waals surface area (Å²) in [6.07, 6.45) is 76.5. The fraction of sp³-hybridized carbons (Fsp3) is 0.909. The van der Waals surface area contributed by atoms with E-state index >= 15 is 0 Å². The molecule has 0 saturated heterocycles. The van der Waals surface area contributed by atoms with Crippen LogP contribution >= 0.6 is 0 Å². The Morgan fingerprint density at radius 1 is 0.375 bits per heavy atom. The second-order valence-electron chi connectivity index (χ2n) is 22.5. The number of carbonyl (C=O) groups is 2. The van der Waals surface area contributed by atoms with Crippen LogP contribution in [0, 0.1) is 0 Å². The monoisotopic (exact) mass is 1010 g/mol. The summed E-state index contributed by atoms with van der Waals surface area (Å²) in [7, 11) is 0. The van der Waals surface area contributed by atoms with Crippen LogP contribution in [0.2, 0.25) is 0 Å². The molecule has 1 amide bonds. The standard InChI is InChI=1S/C66H127NO5/c1-3-5-7-9-11-13-15-17-19-21-23-26-30-34-38-42-46-50-54-58-64(69)63(62-68)67-65(70)59-55-51-47-43-39-35-31-27-25-29-33-37-41-45-49-53-57-61-72-66(71)60-56-52-48-44-40-36-32-28-24-22-20-18-16-14-12-10-8-6-4-2/h25,29,54,58,63-64,68-69H,3-24,26-28,30-53,55-57,59-62H2,1-2H3,(H,67,70)/b29-25-,58-54+. The van der Waals surface area contributed by atoms with Crippen LogP contribution < -0.4 is 5.32 Å². The van der Waals surface area contributed by atoms with E-state index in [4.69, 9.17) is 4.74 Å². The first-order valence-corrected chi connectivity index (χ1v) is 32.6. The third-order valence-corrected chi connectivity index (χ3v) is 15.2. The van der Waals surface area contributed by atoms with E-state index in [2.05, 4.69) is 31.3 Å². The molecule has 0 aliphatic rings. The van der Waals surface area contributed by atoms with Crippen molar-refractivity contribution in [3.63, 3.8) is 0 Å². The summed E-state index contributed by atoms with van der Waals surface area (Å²) in [6.45, 7) is 4.92. The Hall–Kier alpha value is -1.66. The maximum absolute atomic E-state index is 12.5. The molecular formula is C66H127NO5. The van der Waals surface area contributed by atoms with Gasteiger partial charge in [0.25, 0.3) is 0 Å². The lowest BCUT2D eigenvalue weighted by Gasteiger charge is -2.20. The van der Waals surface area contributed by atoms with Gasteiger partial charge in [-0.05, 0) is 57.8 Å². The van der Waals surface area contributed by atoms with Crippen LogP contribution in [0.4, 0.5) is 0 Å². The second kappa shape index (κ2) is 61.9. The van der Waals surface area contributed by atoms with Crippen molar-refractivity contribution in [2.45, 2.75) is 373 Å². The van der Waals surface area contributed by atoms with Gasteiger partial charge in [-0.1, -0.05) is 314 Å². The fourth-order valence-electron chi connectivity index (χ4n) is 10.2. The topological polar surface area (TPSA) is 95.9 Å². The van der Waals surface area contributed by atoms with Gasteiger partial charge >= 0.3 is 5.97 Å². The molecule has 0 fully saturated rings. The molecule has 6 nitrogen and oxygen atoms in total. The molecule has 2 atom stereocenters. The number of aliphatic hydroxyl groups excluding tert-OH is 2. The maximum Gasteiger partial charge on any atom is 0.305 e. The molecule has 0 heterocycles. The highest BCUT2D eigenvalue weighted by Gasteiger charge is 2.18. The average molecular weight is 1010 g/mol. The summed E-state index contributed by atoms with van der Waals surface area (Å²) in [5, 5.41) is 23.2. The molecular weight excluding hydrogens is 887 g/mol. The molecule has 426 valence electrons. The van der Waals surface area contributed by atoms with Crippen LogP contribution in [0.15, 0.2) is 24.3 Å². The fourth-order valence-corrected chi connectivity index (χ4v) is 10.2. The van der Waals surface area contributed by atoms with Gasteiger partial charge in [-0.2, -0.15) is 0 Å². The number of aliphatic hydroxyl groups is 2. The zero-order valence-corrected chi connectivity index (χ0v) is 48.7. The van der Waals surface area contributed by atoms with Crippen molar-refractivity contribution in [2.75, 3.05) is 13.2 Å². The molecule has 0 aromatic heterocycles. The van der Waals surface area contributed by atoms with Gasteiger partial charge in [-0.25, -0.2) is 0 Å². The molecule has 0 bridgehead atoms. The summed E-state index contributed by atoms with van der Waals surface area (Å²) in [5.74, 6) is -0.0742. The highest BCUT2D eigenvalue weighted by Crippen LogP contribution is 2.18. The van der Waals surface area contributed by atoms with Gasteiger partial charge in [-0.15, -0.1) is 0 Å². The van der Waals surface area contributed by atoms with Crippen LogP contribution in [0.1, 0.15) is 361 Å². The molecule has 0 aliphatic heterocycles. The number of nitrogens with one attached hydrogen (secondary N) is 1. The van der Waals surface area contributed by atoms with Crippen molar-refractivity contribution < 1.29 is 24.5 Å². The molecule has 0 saturated carbocycles. The van der Waals surface area contributed by atoms with E-state index in [1.165, 1.54) is 276 Å². The van der Waals surface area contributed by atoms with Gasteiger partial charge in [-0.3, -0.25) is 9.59 Å². The van der Waals surface area contributed by atoms with Crippen LogP contribution in [-0.4, -0.2) is 47.4 Å². The molecule has 0 rings (SSSR count). The number of amides is 1. The first-order valence-electron chi connectivity index (χ1n) is 32.6.